The maximum Gasteiger partial charge on any atom is 0.305 e. The number of nitrogens with zero attached hydrogens (tertiary/aromatic N) is 1. The van der Waals surface area contributed by atoms with Crippen molar-refractivity contribution in [2.45, 2.75) is 26.3 Å². The summed E-state index contributed by atoms with van der Waals surface area (Å²) in [5.41, 5.74) is 2.40. The lowest BCUT2D eigenvalue weighted by Crippen LogP contribution is -2.26. The molecule has 0 radical (unpaired) electrons. The Morgan fingerprint density at radius 1 is 1.09 bits per heavy atom. The highest BCUT2D eigenvalue weighted by atomic mass is 19.1. The molecule has 34 heavy (non-hydrogen) atoms. The van der Waals surface area contributed by atoms with Gasteiger partial charge in [-0.25, -0.2) is 4.39 Å². The second-order valence-corrected chi connectivity index (χ2v) is 7.88. The predicted molar refractivity (Wildman–Crippen MR) is 127 cm³/mol. The van der Waals surface area contributed by atoms with Gasteiger partial charge in [0.05, 0.1) is 18.9 Å². The van der Waals surface area contributed by atoms with E-state index in [2.05, 4.69) is 4.74 Å². The van der Waals surface area contributed by atoms with Crippen LogP contribution in [0.5, 0.6) is 5.75 Å². The van der Waals surface area contributed by atoms with Crippen molar-refractivity contribution in [3.8, 4) is 17.1 Å². The van der Waals surface area contributed by atoms with Gasteiger partial charge in [-0.1, -0.05) is 23.8 Å². The molecule has 0 saturated carbocycles. The first kappa shape index (κ1) is 24.8. The highest BCUT2D eigenvalue weighted by molar-refractivity contribution is 5.94. The first-order valence-electron chi connectivity index (χ1n) is 10.9. The third kappa shape index (κ3) is 6.57. The number of ether oxygens (including phenoxy) is 2. The van der Waals surface area contributed by atoms with Crippen LogP contribution in [0.4, 0.5) is 4.39 Å². The summed E-state index contributed by atoms with van der Waals surface area (Å²) < 4.78 is 30.4. The Kier molecular flexibility index (Phi) is 8.62. The molecule has 0 atom stereocenters. The van der Waals surface area contributed by atoms with E-state index in [1.54, 1.807) is 31.3 Å². The lowest BCUT2D eigenvalue weighted by Gasteiger charge is -2.19. The van der Waals surface area contributed by atoms with Crippen molar-refractivity contribution in [1.82, 2.24) is 4.90 Å². The number of hydrogen-bond acceptors (Lipinski definition) is 5. The van der Waals surface area contributed by atoms with Crippen LogP contribution >= 0.6 is 0 Å². The minimum absolute atomic E-state index is 0.248. The van der Waals surface area contributed by atoms with Crippen LogP contribution in [0.2, 0.25) is 0 Å². The molecule has 0 unspecified atom stereocenters. The third-order valence-electron chi connectivity index (χ3n) is 5.35. The first-order valence-corrected chi connectivity index (χ1v) is 10.9. The Balaban J connectivity index is 1.63. The van der Waals surface area contributed by atoms with E-state index in [0.29, 0.717) is 43.1 Å². The van der Waals surface area contributed by atoms with E-state index >= 15 is 0 Å². The Labute approximate surface area is 198 Å². The van der Waals surface area contributed by atoms with Crippen LogP contribution in [0.1, 0.15) is 35.7 Å². The molecular weight excluding hydrogens is 437 g/mol. The number of allylic oxidation sites excluding steroid dienone is 1. The molecule has 0 aliphatic carbocycles. The summed E-state index contributed by atoms with van der Waals surface area (Å²) in [7, 11) is 3.03. The number of hydrogen-bond donors (Lipinski definition) is 0. The molecule has 0 N–H and O–H groups in total. The van der Waals surface area contributed by atoms with Crippen molar-refractivity contribution in [3.63, 3.8) is 0 Å². The van der Waals surface area contributed by atoms with Crippen LogP contribution in [0.3, 0.4) is 0 Å². The smallest absolute Gasteiger partial charge is 0.305 e. The van der Waals surface area contributed by atoms with Gasteiger partial charge < -0.3 is 18.8 Å². The topological polar surface area (TPSA) is 69.0 Å². The quantitative estimate of drug-likeness (QED) is 0.286. The van der Waals surface area contributed by atoms with E-state index < -0.39 is 5.82 Å². The van der Waals surface area contributed by atoms with Gasteiger partial charge in [-0.05, 0) is 55.8 Å². The Bertz CT molecular complexity index is 1150. The van der Waals surface area contributed by atoms with Gasteiger partial charge in [0.25, 0.3) is 5.91 Å². The van der Waals surface area contributed by atoms with Gasteiger partial charge in [0.1, 0.15) is 23.9 Å². The fourth-order valence-corrected chi connectivity index (χ4v) is 3.38. The zero-order valence-corrected chi connectivity index (χ0v) is 19.5. The minimum atomic E-state index is -0.521. The highest BCUT2D eigenvalue weighted by Crippen LogP contribution is 2.25. The monoisotopic (exact) mass is 465 g/mol. The molecule has 1 heterocycles. The molecule has 0 aliphatic heterocycles. The van der Waals surface area contributed by atoms with Gasteiger partial charge in [-0.15, -0.1) is 0 Å². The summed E-state index contributed by atoms with van der Waals surface area (Å²) in [5.74, 6) is -0.0169. The number of carbonyl (C=O) groups excluding carboxylic acids is 2. The van der Waals surface area contributed by atoms with Gasteiger partial charge >= 0.3 is 5.97 Å². The van der Waals surface area contributed by atoms with Crippen molar-refractivity contribution in [2.75, 3.05) is 20.8 Å². The zero-order valence-electron chi connectivity index (χ0n) is 19.5. The Morgan fingerprint density at radius 2 is 1.88 bits per heavy atom. The van der Waals surface area contributed by atoms with Crippen molar-refractivity contribution in [3.05, 3.63) is 89.5 Å². The molecule has 7 heteroatoms. The molecule has 3 rings (SSSR count). The second kappa shape index (κ2) is 11.8. The number of para-hydroxylation sites is 1. The molecule has 1 amide bonds. The van der Waals surface area contributed by atoms with Crippen LogP contribution in [-0.4, -0.2) is 37.5 Å². The Hall–Kier alpha value is -3.87. The van der Waals surface area contributed by atoms with Gasteiger partial charge in [0, 0.05) is 31.1 Å². The van der Waals surface area contributed by atoms with Crippen molar-refractivity contribution in [2.24, 2.45) is 0 Å². The zero-order chi connectivity index (χ0) is 24.5. The molecular formula is C27H28FNO5. The lowest BCUT2D eigenvalue weighted by molar-refractivity contribution is -0.140. The highest BCUT2D eigenvalue weighted by Gasteiger charge is 2.17. The maximum absolute atomic E-state index is 14.6. The normalized spacial score (nSPS) is 11.2. The van der Waals surface area contributed by atoms with Crippen molar-refractivity contribution >= 4 is 11.9 Å². The van der Waals surface area contributed by atoms with Crippen LogP contribution in [0, 0.1) is 5.82 Å². The molecule has 0 saturated heterocycles. The standard InChI is InChI=1S/C27H28FNO5/c1-19(10-13-26(30)32-3)14-16-34-24-8-5-4-7-21(24)18-29(2)27(31)20-11-12-22(23(28)17-20)25-9-6-15-33-25/h4-9,11-12,14-15,17H,10,13,16,18H2,1-3H3/b19-14+. The summed E-state index contributed by atoms with van der Waals surface area (Å²) in [6, 6.07) is 15.1. The van der Waals surface area contributed by atoms with Crippen molar-refractivity contribution < 1.29 is 27.9 Å². The van der Waals surface area contributed by atoms with Crippen molar-refractivity contribution in [1.29, 1.82) is 0 Å². The number of carbonyl (C=O) groups is 2. The minimum Gasteiger partial charge on any atom is -0.489 e. The largest absolute Gasteiger partial charge is 0.489 e. The molecule has 0 fully saturated rings. The SMILES string of the molecule is COC(=O)CC/C(C)=C/COc1ccccc1CN(C)C(=O)c1ccc(-c2ccco2)c(F)c1. The third-order valence-corrected chi connectivity index (χ3v) is 5.35. The van der Waals surface area contributed by atoms with Gasteiger partial charge in [-0.2, -0.15) is 0 Å². The summed E-state index contributed by atoms with van der Waals surface area (Å²) in [6.07, 6.45) is 4.31. The van der Waals surface area contributed by atoms with E-state index in [4.69, 9.17) is 9.15 Å². The number of halogens is 1. The number of furan rings is 1. The molecule has 2 aromatic carbocycles. The fourth-order valence-electron chi connectivity index (χ4n) is 3.38. The average molecular weight is 466 g/mol. The van der Waals surface area contributed by atoms with Gasteiger partial charge in [0.15, 0.2) is 0 Å². The van der Waals surface area contributed by atoms with E-state index in [0.717, 1.165) is 11.1 Å². The molecule has 0 aliphatic rings. The predicted octanol–water partition coefficient (Wildman–Crippen LogP) is 5.64. The Morgan fingerprint density at radius 3 is 2.59 bits per heavy atom. The van der Waals surface area contributed by atoms with E-state index in [9.17, 15) is 14.0 Å². The fraction of sp³-hybridized carbons (Fsp3) is 0.259. The van der Waals surface area contributed by atoms with E-state index in [-0.39, 0.29) is 17.4 Å². The number of esters is 1. The number of rotatable bonds is 10. The van der Waals surface area contributed by atoms with Crippen LogP contribution < -0.4 is 4.74 Å². The van der Waals surface area contributed by atoms with Gasteiger partial charge in [0.2, 0.25) is 0 Å². The number of amides is 1. The van der Waals surface area contributed by atoms with Crippen LogP contribution in [0.15, 0.2) is 76.9 Å². The summed E-state index contributed by atoms with van der Waals surface area (Å²) in [4.78, 5) is 25.7. The van der Waals surface area contributed by atoms with E-state index in [1.807, 2.05) is 37.3 Å². The number of benzene rings is 2. The molecule has 0 bridgehead atoms. The molecule has 1 aromatic heterocycles. The number of methoxy groups -OCH3 is 1. The summed E-state index contributed by atoms with van der Waals surface area (Å²) >= 11 is 0. The first-order chi connectivity index (χ1) is 16.4. The van der Waals surface area contributed by atoms with Crippen LogP contribution in [0.25, 0.3) is 11.3 Å². The lowest BCUT2D eigenvalue weighted by atomic mass is 10.1. The molecule has 178 valence electrons. The van der Waals surface area contributed by atoms with E-state index in [1.165, 1.54) is 24.3 Å². The maximum atomic E-state index is 14.6. The molecule has 0 spiro atoms. The average Bonchev–Trinajstić information content (AvgIpc) is 3.37. The van der Waals surface area contributed by atoms with Crippen LogP contribution in [-0.2, 0) is 16.1 Å². The summed E-state index contributed by atoms with van der Waals surface area (Å²) in [5, 5.41) is 0. The molecule has 3 aromatic rings. The second-order valence-electron chi connectivity index (χ2n) is 7.88. The summed E-state index contributed by atoms with van der Waals surface area (Å²) in [6.45, 7) is 2.56. The van der Waals surface area contributed by atoms with Gasteiger partial charge in [-0.3, -0.25) is 9.59 Å². The molecule has 6 nitrogen and oxygen atoms in total.